The van der Waals surface area contributed by atoms with Crippen LogP contribution in [0, 0.1) is 0 Å². The molecule has 1 saturated heterocycles. The Bertz CT molecular complexity index is 882. The van der Waals surface area contributed by atoms with Gasteiger partial charge in [-0.05, 0) is 31.7 Å². The summed E-state index contributed by atoms with van der Waals surface area (Å²) in [6.07, 6.45) is 0. The number of methoxy groups -OCH3 is 1. The summed E-state index contributed by atoms with van der Waals surface area (Å²) in [5.74, 6) is -0.0222. The van der Waals surface area contributed by atoms with E-state index in [0.29, 0.717) is 24.9 Å². The molecule has 31 heavy (non-hydrogen) atoms. The molecule has 0 spiro atoms. The summed E-state index contributed by atoms with van der Waals surface area (Å²) >= 11 is 0. The zero-order valence-electron chi connectivity index (χ0n) is 18.7. The fraction of sp³-hybridized carbons (Fsp3) is 0.650. The number of carbonyl (C=O) groups is 1. The molecule has 2 heterocycles. The summed E-state index contributed by atoms with van der Waals surface area (Å²) < 4.78 is 32.2. The van der Waals surface area contributed by atoms with Gasteiger partial charge in [-0.3, -0.25) is 9.69 Å². The van der Waals surface area contributed by atoms with Gasteiger partial charge in [-0.1, -0.05) is 19.9 Å². The minimum absolute atomic E-state index is 0. The summed E-state index contributed by atoms with van der Waals surface area (Å²) in [5.41, 5.74) is 1.43. The van der Waals surface area contributed by atoms with Crippen molar-refractivity contribution in [2.24, 2.45) is 0 Å². The highest BCUT2D eigenvalue weighted by molar-refractivity contribution is 7.89. The van der Waals surface area contributed by atoms with Crippen LogP contribution in [-0.2, 0) is 25.0 Å². The summed E-state index contributed by atoms with van der Waals surface area (Å²) in [4.78, 5) is 17.4. The van der Waals surface area contributed by atoms with Crippen LogP contribution in [0.15, 0.2) is 23.1 Å². The maximum Gasteiger partial charge on any atom is 0.241 e. The zero-order valence-corrected chi connectivity index (χ0v) is 21.1. The SMILES string of the molecule is CNS(=O)(=O)c1ccc2c(c1)N(C(=O)CN1C[C@@H](C)NC[C@@H]1COC)CC2(C)C.Cl.Cl. The molecule has 2 atom stereocenters. The average molecular weight is 497 g/mol. The van der Waals surface area contributed by atoms with Crippen molar-refractivity contribution in [3.8, 4) is 0 Å². The quantitative estimate of drug-likeness (QED) is 0.617. The number of fused-ring (bicyclic) bond motifs is 1. The Labute approximate surface area is 197 Å². The zero-order chi connectivity index (χ0) is 21.4. The van der Waals surface area contributed by atoms with E-state index < -0.39 is 10.0 Å². The van der Waals surface area contributed by atoms with E-state index in [0.717, 1.165) is 18.7 Å². The topological polar surface area (TPSA) is 91.0 Å². The number of hydrogen-bond acceptors (Lipinski definition) is 6. The number of piperazine rings is 1. The van der Waals surface area contributed by atoms with Crippen LogP contribution in [0.5, 0.6) is 0 Å². The number of hydrogen-bond donors (Lipinski definition) is 2. The first kappa shape index (κ1) is 28.1. The molecular weight excluding hydrogens is 463 g/mol. The first-order valence-electron chi connectivity index (χ1n) is 9.94. The van der Waals surface area contributed by atoms with E-state index in [1.54, 1.807) is 24.1 Å². The molecular formula is C20H34Cl2N4O4S. The Balaban J connectivity index is 0.00000240. The molecule has 1 fully saturated rings. The van der Waals surface area contributed by atoms with Crippen LogP contribution < -0.4 is 14.9 Å². The average Bonchev–Trinajstić information content (AvgIpc) is 2.95. The molecule has 0 saturated carbocycles. The van der Waals surface area contributed by atoms with Crippen molar-refractivity contribution in [1.29, 1.82) is 0 Å². The highest BCUT2D eigenvalue weighted by Gasteiger charge is 2.39. The first-order valence-corrected chi connectivity index (χ1v) is 11.4. The summed E-state index contributed by atoms with van der Waals surface area (Å²) in [5, 5.41) is 3.43. The van der Waals surface area contributed by atoms with Crippen LogP contribution in [0.25, 0.3) is 0 Å². The molecule has 11 heteroatoms. The van der Waals surface area contributed by atoms with Crippen molar-refractivity contribution in [2.45, 2.75) is 43.2 Å². The van der Waals surface area contributed by atoms with Gasteiger partial charge in [0.15, 0.2) is 0 Å². The van der Waals surface area contributed by atoms with E-state index >= 15 is 0 Å². The van der Waals surface area contributed by atoms with Gasteiger partial charge in [-0.2, -0.15) is 0 Å². The third kappa shape index (κ3) is 5.90. The van der Waals surface area contributed by atoms with Crippen LogP contribution >= 0.6 is 24.8 Å². The van der Waals surface area contributed by atoms with Crippen molar-refractivity contribution in [1.82, 2.24) is 14.9 Å². The molecule has 2 aliphatic rings. The van der Waals surface area contributed by atoms with Crippen LogP contribution in [0.4, 0.5) is 5.69 Å². The molecule has 0 aliphatic carbocycles. The molecule has 1 aromatic rings. The van der Waals surface area contributed by atoms with Crippen LogP contribution in [0.1, 0.15) is 26.3 Å². The van der Waals surface area contributed by atoms with E-state index in [-0.39, 0.29) is 53.6 Å². The van der Waals surface area contributed by atoms with E-state index in [1.807, 2.05) is 6.07 Å². The van der Waals surface area contributed by atoms with Crippen LogP contribution in [-0.4, -0.2) is 78.3 Å². The largest absolute Gasteiger partial charge is 0.383 e. The number of amides is 1. The van der Waals surface area contributed by atoms with Crippen molar-refractivity contribution in [3.05, 3.63) is 23.8 Å². The Morgan fingerprint density at radius 3 is 2.61 bits per heavy atom. The van der Waals surface area contributed by atoms with E-state index in [4.69, 9.17) is 4.74 Å². The summed E-state index contributed by atoms with van der Waals surface area (Å²) in [6, 6.07) is 5.47. The van der Waals surface area contributed by atoms with Gasteiger partial charge in [0.1, 0.15) is 0 Å². The van der Waals surface area contributed by atoms with Gasteiger partial charge in [0.05, 0.1) is 18.0 Å². The third-order valence-corrected chi connectivity index (χ3v) is 7.26. The minimum Gasteiger partial charge on any atom is -0.383 e. The molecule has 8 nitrogen and oxygen atoms in total. The molecule has 2 aliphatic heterocycles. The number of ether oxygens (including phenoxy) is 1. The lowest BCUT2D eigenvalue weighted by Gasteiger charge is -2.39. The number of anilines is 1. The lowest BCUT2D eigenvalue weighted by molar-refractivity contribution is -0.121. The Hall–Kier alpha value is -0.940. The number of rotatable bonds is 6. The van der Waals surface area contributed by atoms with Gasteiger partial charge in [0.25, 0.3) is 0 Å². The fourth-order valence-corrected chi connectivity index (χ4v) is 4.97. The Kier molecular flexibility index (Phi) is 9.77. The highest BCUT2D eigenvalue weighted by atomic mass is 35.5. The molecule has 1 amide bonds. The standard InChI is InChI=1S/C20H32N4O4S.2ClH/c1-14-10-23(15(9-22-14)12-28-5)11-19(25)24-13-20(2,3)17-7-6-16(8-18(17)24)29(26,27)21-4;;/h6-8,14-15,21-22H,9-13H2,1-5H3;2*1H/t14-,15-;;/m1../s1. The molecule has 0 aromatic heterocycles. The molecule has 2 N–H and O–H groups in total. The fourth-order valence-electron chi connectivity index (χ4n) is 4.22. The van der Waals surface area contributed by atoms with Crippen molar-refractivity contribution >= 4 is 46.4 Å². The third-order valence-electron chi connectivity index (χ3n) is 5.85. The smallest absolute Gasteiger partial charge is 0.241 e. The number of carbonyl (C=O) groups excluding carboxylic acids is 1. The van der Waals surface area contributed by atoms with E-state index in [9.17, 15) is 13.2 Å². The summed E-state index contributed by atoms with van der Waals surface area (Å²) in [7, 11) is -0.526. The molecule has 0 unspecified atom stereocenters. The maximum absolute atomic E-state index is 13.3. The van der Waals surface area contributed by atoms with Gasteiger partial charge >= 0.3 is 0 Å². The van der Waals surface area contributed by atoms with E-state index in [2.05, 4.69) is 35.7 Å². The van der Waals surface area contributed by atoms with Crippen molar-refractivity contribution in [2.75, 3.05) is 51.8 Å². The van der Waals surface area contributed by atoms with E-state index in [1.165, 1.54) is 7.05 Å². The number of halogens is 2. The predicted octanol–water partition coefficient (Wildman–Crippen LogP) is 1.37. The highest BCUT2D eigenvalue weighted by Crippen LogP contribution is 2.41. The normalized spacial score (nSPS) is 22.9. The number of nitrogens with one attached hydrogen (secondary N) is 2. The first-order chi connectivity index (χ1) is 13.6. The molecule has 1 aromatic carbocycles. The second-order valence-electron chi connectivity index (χ2n) is 8.60. The lowest BCUT2D eigenvalue weighted by atomic mass is 9.87. The van der Waals surface area contributed by atoms with Gasteiger partial charge < -0.3 is 15.0 Å². The maximum atomic E-state index is 13.3. The van der Waals surface area contributed by atoms with Crippen molar-refractivity contribution in [3.63, 3.8) is 0 Å². The lowest BCUT2D eigenvalue weighted by Crippen LogP contribution is -2.59. The monoisotopic (exact) mass is 496 g/mol. The second kappa shape index (κ2) is 10.8. The Morgan fingerprint density at radius 1 is 1.32 bits per heavy atom. The number of sulfonamides is 1. The minimum atomic E-state index is -3.58. The van der Waals surface area contributed by atoms with Crippen LogP contribution in [0.3, 0.4) is 0 Å². The second-order valence-corrected chi connectivity index (χ2v) is 10.5. The van der Waals surface area contributed by atoms with Gasteiger partial charge in [0.2, 0.25) is 15.9 Å². The van der Waals surface area contributed by atoms with Crippen LogP contribution in [0.2, 0.25) is 0 Å². The number of nitrogens with zero attached hydrogens (tertiary/aromatic N) is 2. The summed E-state index contributed by atoms with van der Waals surface area (Å²) in [6.45, 7) is 9.15. The van der Waals surface area contributed by atoms with Gasteiger partial charge in [0, 0.05) is 49.9 Å². The molecule has 3 rings (SSSR count). The van der Waals surface area contributed by atoms with Crippen molar-refractivity contribution < 1.29 is 17.9 Å². The van der Waals surface area contributed by atoms with Gasteiger partial charge in [-0.15, -0.1) is 24.8 Å². The predicted molar refractivity (Wildman–Crippen MR) is 127 cm³/mol. The molecule has 0 bridgehead atoms. The molecule has 0 radical (unpaired) electrons. The Morgan fingerprint density at radius 2 is 2.00 bits per heavy atom. The van der Waals surface area contributed by atoms with Gasteiger partial charge in [-0.25, -0.2) is 13.1 Å². The number of benzene rings is 1. The molecule has 178 valence electrons.